The summed E-state index contributed by atoms with van der Waals surface area (Å²) in [5, 5.41) is 15.1. The number of hydrogen-bond acceptors (Lipinski definition) is 4. The maximum absolute atomic E-state index is 12.6. The van der Waals surface area contributed by atoms with Crippen LogP contribution in [0.3, 0.4) is 0 Å². The van der Waals surface area contributed by atoms with Crippen molar-refractivity contribution in [3.05, 3.63) is 53.3 Å². The Labute approximate surface area is 157 Å². The summed E-state index contributed by atoms with van der Waals surface area (Å²) in [5.74, 6) is 2.03. The third-order valence-corrected chi connectivity index (χ3v) is 5.80. The second-order valence-electron chi connectivity index (χ2n) is 7.33. The van der Waals surface area contributed by atoms with Crippen LogP contribution in [0, 0.1) is 17.8 Å². The van der Waals surface area contributed by atoms with Crippen LogP contribution in [0.5, 0.6) is 0 Å². The van der Waals surface area contributed by atoms with Gasteiger partial charge < -0.3 is 5.32 Å². The lowest BCUT2D eigenvalue weighted by molar-refractivity contribution is -0.121. The van der Waals surface area contributed by atoms with E-state index in [1.165, 1.54) is 12.8 Å². The van der Waals surface area contributed by atoms with Crippen LogP contribution < -0.4 is 5.32 Å². The van der Waals surface area contributed by atoms with Gasteiger partial charge in [-0.15, -0.1) is 5.10 Å². The predicted molar refractivity (Wildman–Crippen MR) is 98.5 cm³/mol. The fourth-order valence-electron chi connectivity index (χ4n) is 4.18. The largest absolute Gasteiger partial charge is 0.356 e. The zero-order valence-electron chi connectivity index (χ0n) is 14.5. The van der Waals surface area contributed by atoms with Crippen molar-refractivity contribution in [2.75, 3.05) is 6.54 Å². The van der Waals surface area contributed by atoms with Crippen molar-refractivity contribution in [3.8, 4) is 0 Å². The molecule has 1 aromatic carbocycles. The number of benzene rings is 1. The summed E-state index contributed by atoms with van der Waals surface area (Å²) in [4.78, 5) is 12.6. The number of carbonyl (C=O) groups is 1. The van der Waals surface area contributed by atoms with E-state index in [4.69, 9.17) is 11.6 Å². The van der Waals surface area contributed by atoms with Gasteiger partial charge in [0.05, 0.1) is 6.54 Å². The van der Waals surface area contributed by atoms with Gasteiger partial charge in [-0.1, -0.05) is 35.9 Å². The number of amides is 1. The molecule has 0 spiro atoms. The summed E-state index contributed by atoms with van der Waals surface area (Å²) in [6.07, 6.45) is 9.07. The van der Waals surface area contributed by atoms with Crippen molar-refractivity contribution in [2.45, 2.75) is 31.7 Å². The Morgan fingerprint density at radius 1 is 1.27 bits per heavy atom. The van der Waals surface area contributed by atoms with Crippen molar-refractivity contribution >= 4 is 17.5 Å². The molecule has 1 saturated carbocycles. The third kappa shape index (κ3) is 3.96. The molecule has 1 N–H and O–H groups in total. The molecule has 0 radical (unpaired) electrons. The van der Waals surface area contributed by atoms with Crippen molar-refractivity contribution in [2.24, 2.45) is 17.8 Å². The highest BCUT2D eigenvalue weighted by molar-refractivity contribution is 6.30. The molecule has 0 unspecified atom stereocenters. The minimum atomic E-state index is -0.00399. The van der Waals surface area contributed by atoms with E-state index in [0.717, 1.165) is 18.0 Å². The van der Waals surface area contributed by atoms with Gasteiger partial charge in [0, 0.05) is 23.9 Å². The first-order valence-electron chi connectivity index (χ1n) is 9.08. The van der Waals surface area contributed by atoms with E-state index in [0.29, 0.717) is 29.8 Å². The third-order valence-electron chi connectivity index (χ3n) is 5.55. The average molecular weight is 372 g/mol. The second kappa shape index (κ2) is 7.58. The first kappa shape index (κ1) is 17.2. The number of nitrogens with one attached hydrogen (secondary N) is 1. The number of rotatable bonds is 7. The van der Waals surface area contributed by atoms with Gasteiger partial charge >= 0.3 is 0 Å². The van der Waals surface area contributed by atoms with Crippen LogP contribution in [0.4, 0.5) is 0 Å². The van der Waals surface area contributed by atoms with Crippen LogP contribution >= 0.6 is 11.6 Å². The normalized spacial score (nSPS) is 24.7. The minimum Gasteiger partial charge on any atom is -0.356 e. The molecule has 1 fully saturated rings. The highest BCUT2D eigenvalue weighted by Gasteiger charge is 2.35. The highest BCUT2D eigenvalue weighted by Crippen LogP contribution is 2.42. The lowest BCUT2D eigenvalue weighted by Gasteiger charge is -2.20. The second-order valence-corrected chi connectivity index (χ2v) is 7.77. The molecule has 136 valence electrons. The molecule has 2 aliphatic rings. The lowest BCUT2D eigenvalue weighted by atomic mass is 9.93. The van der Waals surface area contributed by atoms with Gasteiger partial charge in [0.1, 0.15) is 6.33 Å². The molecule has 6 nitrogen and oxygen atoms in total. The maximum atomic E-state index is 12.6. The van der Waals surface area contributed by atoms with Gasteiger partial charge in [-0.3, -0.25) is 4.79 Å². The van der Waals surface area contributed by atoms with Gasteiger partial charge in [0.15, 0.2) is 0 Å². The molecule has 4 atom stereocenters. The molecule has 2 aliphatic carbocycles. The Bertz CT molecular complexity index is 774. The van der Waals surface area contributed by atoms with Gasteiger partial charge in [-0.2, -0.15) is 0 Å². The minimum absolute atomic E-state index is 0.00399. The van der Waals surface area contributed by atoms with Crippen LogP contribution in [0.1, 0.15) is 30.7 Å². The van der Waals surface area contributed by atoms with Crippen molar-refractivity contribution < 1.29 is 4.79 Å². The summed E-state index contributed by atoms with van der Waals surface area (Å²) < 4.78 is 1.66. The molecule has 26 heavy (non-hydrogen) atoms. The fraction of sp³-hybridized carbons (Fsp3) is 0.474. The number of allylic oxidation sites excluding steroid dienone is 2. The molecule has 0 saturated heterocycles. The van der Waals surface area contributed by atoms with Gasteiger partial charge in [0.2, 0.25) is 5.91 Å². The molecule has 1 heterocycles. The topological polar surface area (TPSA) is 72.7 Å². The van der Waals surface area contributed by atoms with Crippen molar-refractivity contribution in [1.29, 1.82) is 0 Å². The van der Waals surface area contributed by atoms with Crippen LogP contribution in [0.15, 0.2) is 42.7 Å². The molecular formula is C19H22ClN5O. The summed E-state index contributed by atoms with van der Waals surface area (Å²) in [7, 11) is 0. The number of aromatic nitrogens is 4. The molecule has 0 aliphatic heterocycles. The molecule has 1 aromatic heterocycles. The van der Waals surface area contributed by atoms with E-state index in [1.54, 1.807) is 11.0 Å². The number of tetrazole rings is 1. The molecule has 2 aromatic rings. The Morgan fingerprint density at radius 2 is 2.12 bits per heavy atom. The molecular weight excluding hydrogens is 350 g/mol. The van der Waals surface area contributed by atoms with E-state index in [1.807, 2.05) is 24.3 Å². The monoisotopic (exact) mass is 371 g/mol. The van der Waals surface area contributed by atoms with E-state index in [9.17, 15) is 4.79 Å². The number of fused-ring (bicyclic) bond motifs is 2. The first-order chi connectivity index (χ1) is 12.7. The molecule has 4 rings (SSSR count). The van der Waals surface area contributed by atoms with E-state index in [2.05, 4.69) is 33.0 Å². The Morgan fingerprint density at radius 3 is 2.77 bits per heavy atom. The zero-order chi connectivity index (χ0) is 17.9. The van der Waals surface area contributed by atoms with Crippen LogP contribution in [0.25, 0.3) is 0 Å². The number of halogens is 1. The number of hydrogen-bond donors (Lipinski definition) is 1. The van der Waals surface area contributed by atoms with Crippen molar-refractivity contribution in [1.82, 2.24) is 25.5 Å². The van der Waals surface area contributed by atoms with Crippen LogP contribution in [0.2, 0.25) is 5.02 Å². The predicted octanol–water partition coefficient (Wildman–Crippen LogP) is 2.83. The summed E-state index contributed by atoms with van der Waals surface area (Å²) in [6, 6.07) is 7.63. The summed E-state index contributed by atoms with van der Waals surface area (Å²) in [6.45, 7) is 1.32. The maximum Gasteiger partial charge on any atom is 0.220 e. The average Bonchev–Trinajstić information content (AvgIpc) is 3.38. The standard InChI is InChI=1S/C19H22ClN5O/c20-18-5-3-14(4-6-18)17(11-25-12-22-23-24-25)9-19(26)21-10-16-8-13-1-2-15(16)7-13/h1-6,12-13,15-17H,7-11H2,(H,21,26)/t13-,15-,16-,17-/m0/s1. The lowest BCUT2D eigenvalue weighted by Crippen LogP contribution is -2.32. The van der Waals surface area contributed by atoms with E-state index < -0.39 is 0 Å². The quantitative estimate of drug-likeness (QED) is 0.759. The Balaban J connectivity index is 1.38. The van der Waals surface area contributed by atoms with Gasteiger partial charge in [-0.25, -0.2) is 4.68 Å². The van der Waals surface area contributed by atoms with Crippen molar-refractivity contribution in [3.63, 3.8) is 0 Å². The number of nitrogens with zero attached hydrogens (tertiary/aromatic N) is 4. The van der Waals surface area contributed by atoms with Gasteiger partial charge in [0.25, 0.3) is 0 Å². The SMILES string of the molecule is O=C(C[C@@H](Cn1cnnn1)c1ccc(Cl)cc1)NC[C@@H]1C[C@H]2C=C[C@H]1C2. The fourth-order valence-corrected chi connectivity index (χ4v) is 4.31. The van der Waals surface area contributed by atoms with E-state index in [-0.39, 0.29) is 11.8 Å². The number of carbonyl (C=O) groups excluding carboxylic acids is 1. The molecule has 1 amide bonds. The smallest absolute Gasteiger partial charge is 0.220 e. The van der Waals surface area contributed by atoms with E-state index >= 15 is 0 Å². The first-order valence-corrected chi connectivity index (χ1v) is 9.46. The molecule has 7 heteroatoms. The highest BCUT2D eigenvalue weighted by atomic mass is 35.5. The Hall–Kier alpha value is -2.21. The van der Waals surface area contributed by atoms with Crippen LogP contribution in [-0.2, 0) is 11.3 Å². The Kier molecular flexibility index (Phi) is 5.02. The van der Waals surface area contributed by atoms with Gasteiger partial charge in [-0.05, 0) is 58.7 Å². The zero-order valence-corrected chi connectivity index (χ0v) is 15.2. The molecule has 2 bridgehead atoms. The van der Waals surface area contributed by atoms with Crippen LogP contribution in [-0.4, -0.2) is 32.7 Å². The summed E-state index contributed by atoms with van der Waals surface area (Å²) >= 11 is 6.00. The summed E-state index contributed by atoms with van der Waals surface area (Å²) in [5.41, 5.74) is 1.06.